The monoisotopic (exact) mass is 302 g/mol. The zero-order valence-corrected chi connectivity index (χ0v) is 12.8. The first-order valence-electron chi connectivity index (χ1n) is 7.88. The molecule has 1 unspecified atom stereocenters. The summed E-state index contributed by atoms with van der Waals surface area (Å²) in [6.45, 7) is 0.741. The molecule has 3 aromatic carbocycles. The van der Waals surface area contributed by atoms with Crippen molar-refractivity contribution in [1.29, 1.82) is 0 Å². The second kappa shape index (κ2) is 5.86. The van der Waals surface area contributed by atoms with Gasteiger partial charge in [-0.05, 0) is 34.9 Å². The normalized spacial score (nSPS) is 12.7. The molecule has 1 heterocycles. The minimum atomic E-state index is -0.484. The summed E-state index contributed by atoms with van der Waals surface area (Å²) >= 11 is 0. The molecular weight excluding hydrogens is 284 g/mol. The Hall–Kier alpha value is -2.65. The van der Waals surface area contributed by atoms with Crippen molar-refractivity contribution in [2.75, 3.05) is 0 Å². The van der Waals surface area contributed by atoms with Gasteiger partial charge in [0.05, 0.1) is 23.5 Å². The second-order valence-electron chi connectivity index (χ2n) is 5.80. The number of rotatable bonds is 4. The molecule has 0 fully saturated rings. The second-order valence-corrected chi connectivity index (χ2v) is 5.80. The van der Waals surface area contributed by atoms with Gasteiger partial charge in [-0.2, -0.15) is 0 Å². The maximum Gasteiger partial charge on any atom is 0.0958 e. The number of hydrogen-bond acceptors (Lipinski definition) is 2. The van der Waals surface area contributed by atoms with E-state index in [1.165, 1.54) is 0 Å². The minimum Gasteiger partial charge on any atom is -0.388 e. The number of imidazole rings is 1. The van der Waals surface area contributed by atoms with Gasteiger partial charge in [-0.3, -0.25) is 0 Å². The molecule has 0 radical (unpaired) electrons. The molecule has 0 saturated heterocycles. The molecule has 3 nitrogen and oxygen atoms in total. The summed E-state index contributed by atoms with van der Waals surface area (Å²) in [4.78, 5) is 4.40. The molecule has 0 spiro atoms. The van der Waals surface area contributed by atoms with E-state index in [2.05, 4.69) is 33.8 Å². The van der Waals surface area contributed by atoms with E-state index in [4.69, 9.17) is 0 Å². The van der Waals surface area contributed by atoms with Crippen molar-refractivity contribution in [3.05, 3.63) is 78.6 Å². The van der Waals surface area contributed by atoms with E-state index in [9.17, 15) is 5.11 Å². The number of para-hydroxylation sites is 2. The Morgan fingerprint density at radius 2 is 1.70 bits per heavy atom. The summed E-state index contributed by atoms with van der Waals surface area (Å²) in [6, 6.07) is 22.4. The third-order valence-corrected chi connectivity index (χ3v) is 4.35. The number of aliphatic hydroxyl groups is 1. The summed E-state index contributed by atoms with van der Waals surface area (Å²) in [6.07, 6.45) is 2.02. The SMILES string of the molecule is OC(CCn1cnc2ccccc21)c1cccc2ccccc12. The van der Waals surface area contributed by atoms with Crippen molar-refractivity contribution in [3.63, 3.8) is 0 Å². The van der Waals surface area contributed by atoms with Gasteiger partial charge in [0.2, 0.25) is 0 Å². The standard InChI is InChI=1S/C20H18N2O/c23-20(17-9-5-7-15-6-1-2-8-16(15)17)12-13-22-14-21-18-10-3-4-11-19(18)22/h1-11,14,20,23H,12-13H2. The Morgan fingerprint density at radius 3 is 2.65 bits per heavy atom. The van der Waals surface area contributed by atoms with Crippen LogP contribution in [-0.4, -0.2) is 14.7 Å². The fourth-order valence-electron chi connectivity index (χ4n) is 3.15. The Balaban J connectivity index is 1.59. The number of aryl methyl sites for hydroxylation is 1. The molecule has 0 aliphatic rings. The van der Waals surface area contributed by atoms with Gasteiger partial charge < -0.3 is 9.67 Å². The van der Waals surface area contributed by atoms with Crippen LogP contribution in [0.15, 0.2) is 73.1 Å². The summed E-state index contributed by atoms with van der Waals surface area (Å²) in [5.41, 5.74) is 3.09. The number of aromatic nitrogens is 2. The van der Waals surface area contributed by atoms with Crippen molar-refractivity contribution in [1.82, 2.24) is 9.55 Å². The van der Waals surface area contributed by atoms with Crippen LogP contribution >= 0.6 is 0 Å². The van der Waals surface area contributed by atoms with Crippen LogP contribution in [0.4, 0.5) is 0 Å². The highest BCUT2D eigenvalue weighted by molar-refractivity contribution is 5.86. The molecule has 114 valence electrons. The zero-order chi connectivity index (χ0) is 15.6. The lowest BCUT2D eigenvalue weighted by Crippen LogP contribution is -2.04. The van der Waals surface area contributed by atoms with Crippen LogP contribution in [0.5, 0.6) is 0 Å². The molecule has 1 atom stereocenters. The van der Waals surface area contributed by atoms with Crippen LogP contribution in [-0.2, 0) is 6.54 Å². The van der Waals surface area contributed by atoms with Crippen LogP contribution in [0.3, 0.4) is 0 Å². The number of fused-ring (bicyclic) bond motifs is 2. The first kappa shape index (κ1) is 14.0. The highest BCUT2D eigenvalue weighted by atomic mass is 16.3. The lowest BCUT2D eigenvalue weighted by molar-refractivity contribution is 0.163. The molecule has 0 saturated carbocycles. The number of nitrogens with zero attached hydrogens (tertiary/aromatic N) is 2. The van der Waals surface area contributed by atoms with Gasteiger partial charge in [0.25, 0.3) is 0 Å². The van der Waals surface area contributed by atoms with Crippen LogP contribution in [0.1, 0.15) is 18.1 Å². The van der Waals surface area contributed by atoms with Crippen molar-refractivity contribution in [2.24, 2.45) is 0 Å². The van der Waals surface area contributed by atoms with E-state index in [0.717, 1.165) is 33.9 Å². The molecule has 4 rings (SSSR count). The lowest BCUT2D eigenvalue weighted by Gasteiger charge is -2.14. The molecule has 0 aliphatic heterocycles. The summed E-state index contributed by atoms with van der Waals surface area (Å²) in [5.74, 6) is 0. The quantitative estimate of drug-likeness (QED) is 0.610. The first-order valence-corrected chi connectivity index (χ1v) is 7.88. The Morgan fingerprint density at radius 1 is 0.913 bits per heavy atom. The van der Waals surface area contributed by atoms with Crippen molar-refractivity contribution >= 4 is 21.8 Å². The highest BCUT2D eigenvalue weighted by Gasteiger charge is 2.12. The molecule has 0 aliphatic carbocycles. The number of aliphatic hydroxyl groups excluding tert-OH is 1. The number of hydrogen-bond donors (Lipinski definition) is 1. The smallest absolute Gasteiger partial charge is 0.0958 e. The fourth-order valence-corrected chi connectivity index (χ4v) is 3.15. The Bertz CT molecular complexity index is 953. The third kappa shape index (κ3) is 2.60. The third-order valence-electron chi connectivity index (χ3n) is 4.35. The summed E-state index contributed by atoms with van der Waals surface area (Å²) < 4.78 is 2.10. The van der Waals surface area contributed by atoms with Gasteiger partial charge in [0.15, 0.2) is 0 Å². The Kier molecular flexibility index (Phi) is 3.56. The minimum absolute atomic E-state index is 0.484. The van der Waals surface area contributed by atoms with Crippen LogP contribution < -0.4 is 0 Å². The highest BCUT2D eigenvalue weighted by Crippen LogP contribution is 2.27. The van der Waals surface area contributed by atoms with Crippen molar-refractivity contribution in [2.45, 2.75) is 19.1 Å². The van der Waals surface area contributed by atoms with E-state index in [0.29, 0.717) is 6.42 Å². The van der Waals surface area contributed by atoms with Crippen molar-refractivity contribution in [3.8, 4) is 0 Å². The van der Waals surface area contributed by atoms with Gasteiger partial charge >= 0.3 is 0 Å². The lowest BCUT2D eigenvalue weighted by atomic mass is 9.99. The topological polar surface area (TPSA) is 38.0 Å². The van der Waals surface area contributed by atoms with E-state index in [1.807, 2.05) is 48.8 Å². The molecule has 0 amide bonds. The zero-order valence-electron chi connectivity index (χ0n) is 12.8. The van der Waals surface area contributed by atoms with E-state index < -0.39 is 6.10 Å². The maximum absolute atomic E-state index is 10.7. The summed E-state index contributed by atoms with van der Waals surface area (Å²) in [7, 11) is 0. The van der Waals surface area contributed by atoms with Gasteiger partial charge in [0.1, 0.15) is 0 Å². The Labute approximate surface area is 134 Å². The predicted octanol–water partition coefficient (Wildman–Crippen LogP) is 4.31. The van der Waals surface area contributed by atoms with Gasteiger partial charge in [0, 0.05) is 6.54 Å². The first-order chi connectivity index (χ1) is 11.3. The maximum atomic E-state index is 10.7. The van der Waals surface area contributed by atoms with Gasteiger partial charge in [-0.1, -0.05) is 54.6 Å². The predicted molar refractivity (Wildman–Crippen MR) is 93.3 cm³/mol. The van der Waals surface area contributed by atoms with Crippen molar-refractivity contribution < 1.29 is 5.11 Å². The van der Waals surface area contributed by atoms with Gasteiger partial charge in [-0.15, -0.1) is 0 Å². The molecule has 1 aromatic heterocycles. The van der Waals surface area contributed by atoms with Crippen LogP contribution in [0, 0.1) is 0 Å². The number of benzene rings is 3. The fraction of sp³-hybridized carbons (Fsp3) is 0.150. The molecule has 23 heavy (non-hydrogen) atoms. The molecule has 0 bridgehead atoms. The largest absolute Gasteiger partial charge is 0.388 e. The molecule has 3 heteroatoms. The summed E-state index contributed by atoms with van der Waals surface area (Å²) in [5, 5.41) is 12.9. The molecular formula is C20H18N2O. The molecule has 1 N–H and O–H groups in total. The van der Waals surface area contributed by atoms with E-state index in [-0.39, 0.29) is 0 Å². The van der Waals surface area contributed by atoms with Crippen LogP contribution in [0.25, 0.3) is 21.8 Å². The van der Waals surface area contributed by atoms with Crippen LogP contribution in [0.2, 0.25) is 0 Å². The molecule has 4 aromatic rings. The van der Waals surface area contributed by atoms with E-state index >= 15 is 0 Å². The average Bonchev–Trinajstić information content (AvgIpc) is 3.02. The average molecular weight is 302 g/mol. The van der Waals surface area contributed by atoms with Gasteiger partial charge in [-0.25, -0.2) is 4.98 Å². The van der Waals surface area contributed by atoms with E-state index in [1.54, 1.807) is 0 Å².